The highest BCUT2D eigenvalue weighted by molar-refractivity contribution is 5.96. The van der Waals surface area contributed by atoms with Gasteiger partial charge in [-0.1, -0.05) is 0 Å². The number of amides is 2. The Morgan fingerprint density at radius 3 is 2.68 bits per heavy atom. The van der Waals surface area contributed by atoms with Crippen LogP contribution < -0.4 is 10.6 Å². The molecule has 0 aliphatic carbocycles. The van der Waals surface area contributed by atoms with Gasteiger partial charge in [0.25, 0.3) is 11.8 Å². The molecule has 1 aliphatic rings. The van der Waals surface area contributed by atoms with Crippen molar-refractivity contribution in [3.8, 4) is 0 Å². The molecule has 2 rings (SSSR count). The summed E-state index contributed by atoms with van der Waals surface area (Å²) in [5, 5.41) is 5.31. The predicted octanol–water partition coefficient (Wildman–Crippen LogP) is 1.57. The topological polar surface area (TPSA) is 76.7 Å². The maximum Gasteiger partial charge on any atom is 0.253 e. The fourth-order valence-electron chi connectivity index (χ4n) is 2.20. The van der Waals surface area contributed by atoms with Crippen molar-refractivity contribution in [3.05, 3.63) is 29.8 Å². The van der Waals surface area contributed by atoms with Gasteiger partial charge in [0.15, 0.2) is 0 Å². The Bertz CT molecular complexity index is 509. The number of rotatable bonds is 6. The summed E-state index contributed by atoms with van der Waals surface area (Å²) in [4.78, 5) is 23.5. The van der Waals surface area contributed by atoms with Gasteiger partial charge in [-0.25, -0.2) is 0 Å². The second kappa shape index (κ2) is 7.91. The molecule has 0 bridgehead atoms. The van der Waals surface area contributed by atoms with Crippen LogP contribution in [-0.4, -0.2) is 44.3 Å². The molecule has 1 aromatic rings. The first kappa shape index (κ1) is 16.5. The SMILES string of the molecule is CNC(=O)c1ccc(NC(=O)[C@H](C)OC[C@H]2CCCO2)cc1. The van der Waals surface area contributed by atoms with Crippen LogP contribution in [0.25, 0.3) is 0 Å². The molecule has 6 nitrogen and oxygen atoms in total. The summed E-state index contributed by atoms with van der Waals surface area (Å²) in [6.45, 7) is 2.92. The molecule has 0 radical (unpaired) electrons. The summed E-state index contributed by atoms with van der Waals surface area (Å²) < 4.78 is 11.0. The van der Waals surface area contributed by atoms with Crippen molar-refractivity contribution < 1.29 is 19.1 Å². The van der Waals surface area contributed by atoms with Crippen molar-refractivity contribution in [3.63, 3.8) is 0 Å². The minimum atomic E-state index is -0.553. The number of carbonyl (C=O) groups excluding carboxylic acids is 2. The Morgan fingerprint density at radius 2 is 2.09 bits per heavy atom. The molecule has 2 atom stereocenters. The maximum atomic E-state index is 12.0. The molecule has 2 amide bonds. The summed E-state index contributed by atoms with van der Waals surface area (Å²) in [7, 11) is 1.57. The average Bonchev–Trinajstić information content (AvgIpc) is 3.06. The first-order chi connectivity index (χ1) is 10.6. The zero-order valence-electron chi connectivity index (χ0n) is 12.9. The van der Waals surface area contributed by atoms with Gasteiger partial charge >= 0.3 is 0 Å². The number of hydrogen-bond acceptors (Lipinski definition) is 4. The molecule has 2 N–H and O–H groups in total. The van der Waals surface area contributed by atoms with Gasteiger partial charge in [0, 0.05) is 24.9 Å². The van der Waals surface area contributed by atoms with Gasteiger partial charge in [-0.2, -0.15) is 0 Å². The van der Waals surface area contributed by atoms with Gasteiger partial charge in [-0.15, -0.1) is 0 Å². The van der Waals surface area contributed by atoms with Gasteiger partial charge in [-0.3, -0.25) is 9.59 Å². The van der Waals surface area contributed by atoms with Crippen molar-refractivity contribution in [1.82, 2.24) is 5.32 Å². The quantitative estimate of drug-likeness (QED) is 0.836. The van der Waals surface area contributed by atoms with Crippen LogP contribution in [-0.2, 0) is 14.3 Å². The highest BCUT2D eigenvalue weighted by Crippen LogP contribution is 2.14. The fraction of sp³-hybridized carbons (Fsp3) is 0.500. The van der Waals surface area contributed by atoms with Crippen molar-refractivity contribution in [2.24, 2.45) is 0 Å². The third-order valence-electron chi connectivity index (χ3n) is 3.57. The van der Waals surface area contributed by atoms with Crippen LogP contribution in [0.1, 0.15) is 30.1 Å². The number of anilines is 1. The zero-order valence-corrected chi connectivity index (χ0v) is 12.9. The average molecular weight is 306 g/mol. The number of carbonyl (C=O) groups is 2. The number of ether oxygens (including phenoxy) is 2. The lowest BCUT2D eigenvalue weighted by Gasteiger charge is -2.16. The molecule has 1 fully saturated rings. The van der Waals surface area contributed by atoms with E-state index in [4.69, 9.17) is 9.47 Å². The highest BCUT2D eigenvalue weighted by Gasteiger charge is 2.20. The Balaban J connectivity index is 1.81. The number of benzene rings is 1. The predicted molar refractivity (Wildman–Crippen MR) is 82.8 cm³/mol. The van der Waals surface area contributed by atoms with E-state index in [0.717, 1.165) is 19.4 Å². The van der Waals surface area contributed by atoms with Gasteiger partial charge < -0.3 is 20.1 Å². The van der Waals surface area contributed by atoms with Crippen molar-refractivity contribution >= 4 is 17.5 Å². The lowest BCUT2D eigenvalue weighted by molar-refractivity contribution is -0.128. The summed E-state index contributed by atoms with van der Waals surface area (Å²) in [6, 6.07) is 6.70. The molecule has 0 unspecified atom stereocenters. The Labute approximate surface area is 130 Å². The van der Waals surface area contributed by atoms with E-state index in [2.05, 4.69) is 10.6 Å². The molecule has 0 aromatic heterocycles. The van der Waals surface area contributed by atoms with E-state index in [1.807, 2.05) is 0 Å². The van der Waals surface area contributed by atoms with Gasteiger partial charge in [0.2, 0.25) is 0 Å². The maximum absolute atomic E-state index is 12.0. The monoisotopic (exact) mass is 306 g/mol. The Kier molecular flexibility index (Phi) is 5.91. The van der Waals surface area contributed by atoms with Crippen molar-refractivity contribution in [2.45, 2.75) is 32.0 Å². The van der Waals surface area contributed by atoms with E-state index in [0.29, 0.717) is 17.9 Å². The second-order valence-corrected chi connectivity index (χ2v) is 5.26. The van der Waals surface area contributed by atoms with E-state index in [1.165, 1.54) is 0 Å². The van der Waals surface area contributed by atoms with E-state index < -0.39 is 6.10 Å². The third kappa shape index (κ3) is 4.54. The lowest BCUT2D eigenvalue weighted by Crippen LogP contribution is -2.30. The molecule has 1 aromatic carbocycles. The van der Waals surface area contributed by atoms with E-state index >= 15 is 0 Å². The van der Waals surface area contributed by atoms with Crippen LogP contribution in [0.4, 0.5) is 5.69 Å². The lowest BCUT2D eigenvalue weighted by atomic mass is 10.2. The molecular weight excluding hydrogens is 284 g/mol. The molecule has 0 saturated carbocycles. The Morgan fingerprint density at radius 1 is 1.36 bits per heavy atom. The molecule has 6 heteroatoms. The molecule has 1 heterocycles. The summed E-state index contributed by atoms with van der Waals surface area (Å²) in [6.07, 6.45) is 1.58. The molecule has 1 aliphatic heterocycles. The minimum Gasteiger partial charge on any atom is -0.376 e. The summed E-state index contributed by atoms with van der Waals surface area (Å²) >= 11 is 0. The Hall–Kier alpha value is -1.92. The first-order valence-corrected chi connectivity index (χ1v) is 7.46. The normalized spacial score (nSPS) is 18.7. The summed E-state index contributed by atoms with van der Waals surface area (Å²) in [5.74, 6) is -0.378. The van der Waals surface area contributed by atoms with Crippen molar-refractivity contribution in [1.29, 1.82) is 0 Å². The van der Waals surface area contributed by atoms with E-state index in [-0.39, 0.29) is 17.9 Å². The zero-order chi connectivity index (χ0) is 15.9. The van der Waals surface area contributed by atoms with Crippen molar-refractivity contribution in [2.75, 3.05) is 25.6 Å². The highest BCUT2D eigenvalue weighted by atomic mass is 16.5. The molecular formula is C16H22N2O4. The first-order valence-electron chi connectivity index (χ1n) is 7.46. The van der Waals surface area contributed by atoms with E-state index in [1.54, 1.807) is 38.2 Å². The molecule has 120 valence electrons. The second-order valence-electron chi connectivity index (χ2n) is 5.26. The molecule has 1 saturated heterocycles. The third-order valence-corrected chi connectivity index (χ3v) is 3.57. The van der Waals surface area contributed by atoms with Crippen LogP contribution in [0.5, 0.6) is 0 Å². The minimum absolute atomic E-state index is 0.0992. The van der Waals surface area contributed by atoms with Crippen LogP contribution >= 0.6 is 0 Å². The number of nitrogens with one attached hydrogen (secondary N) is 2. The number of hydrogen-bond donors (Lipinski definition) is 2. The van der Waals surface area contributed by atoms with Gasteiger partial charge in [0.1, 0.15) is 6.10 Å². The van der Waals surface area contributed by atoms with E-state index in [9.17, 15) is 9.59 Å². The standard InChI is InChI=1S/C16H22N2O4/c1-11(22-10-14-4-3-9-21-14)15(19)18-13-7-5-12(6-8-13)16(20)17-2/h5-8,11,14H,3-4,9-10H2,1-2H3,(H,17,20)(H,18,19)/t11-,14+/m0/s1. The van der Waals surface area contributed by atoms with Crippen LogP contribution in [0.15, 0.2) is 24.3 Å². The fourth-order valence-corrected chi connectivity index (χ4v) is 2.20. The molecule has 0 spiro atoms. The van der Waals surface area contributed by atoms with Gasteiger partial charge in [-0.05, 0) is 44.0 Å². The van der Waals surface area contributed by atoms with Gasteiger partial charge in [0.05, 0.1) is 12.7 Å². The largest absolute Gasteiger partial charge is 0.376 e. The van der Waals surface area contributed by atoms with Crippen LogP contribution in [0, 0.1) is 0 Å². The van der Waals surface area contributed by atoms with Crippen LogP contribution in [0.3, 0.4) is 0 Å². The smallest absolute Gasteiger partial charge is 0.253 e. The van der Waals surface area contributed by atoms with Crippen LogP contribution in [0.2, 0.25) is 0 Å². The summed E-state index contributed by atoms with van der Waals surface area (Å²) in [5.41, 5.74) is 1.17. The molecule has 22 heavy (non-hydrogen) atoms.